The third-order valence-electron chi connectivity index (χ3n) is 2.82. The average molecular weight is 202 g/mol. The van der Waals surface area contributed by atoms with Gasteiger partial charge in [-0.25, -0.2) is 0 Å². The van der Waals surface area contributed by atoms with E-state index in [-0.39, 0.29) is 6.04 Å². The van der Waals surface area contributed by atoms with Gasteiger partial charge in [-0.1, -0.05) is 0 Å². The summed E-state index contributed by atoms with van der Waals surface area (Å²) in [7, 11) is 1.70. The van der Waals surface area contributed by atoms with Crippen LogP contribution in [0, 0.1) is 5.92 Å². The van der Waals surface area contributed by atoms with Crippen molar-refractivity contribution < 1.29 is 9.47 Å². The van der Waals surface area contributed by atoms with Crippen molar-refractivity contribution in [3.05, 3.63) is 0 Å². The maximum Gasteiger partial charge on any atom is 0.0629 e. The van der Waals surface area contributed by atoms with E-state index in [2.05, 4.69) is 5.43 Å². The van der Waals surface area contributed by atoms with Crippen LogP contribution in [-0.4, -0.2) is 32.5 Å². The molecule has 1 saturated carbocycles. The highest BCUT2D eigenvalue weighted by Gasteiger charge is 2.30. The maximum absolute atomic E-state index is 5.50. The van der Waals surface area contributed by atoms with Gasteiger partial charge in [-0.05, 0) is 32.1 Å². The van der Waals surface area contributed by atoms with Crippen molar-refractivity contribution in [3.8, 4) is 0 Å². The lowest BCUT2D eigenvalue weighted by Crippen LogP contribution is -2.43. The topological polar surface area (TPSA) is 56.5 Å². The first-order valence-corrected chi connectivity index (χ1v) is 5.36. The van der Waals surface area contributed by atoms with Crippen molar-refractivity contribution >= 4 is 0 Å². The van der Waals surface area contributed by atoms with Crippen LogP contribution in [0.15, 0.2) is 0 Å². The molecular formula is C10H22N2O2. The van der Waals surface area contributed by atoms with E-state index in [0.717, 1.165) is 18.9 Å². The van der Waals surface area contributed by atoms with Crippen LogP contribution in [0.25, 0.3) is 0 Å². The van der Waals surface area contributed by atoms with E-state index >= 15 is 0 Å². The van der Waals surface area contributed by atoms with Crippen molar-refractivity contribution in [1.29, 1.82) is 0 Å². The number of hydrazine groups is 1. The van der Waals surface area contributed by atoms with Crippen LogP contribution in [0.3, 0.4) is 0 Å². The molecule has 1 atom stereocenters. The van der Waals surface area contributed by atoms with Gasteiger partial charge in [0, 0.05) is 19.8 Å². The van der Waals surface area contributed by atoms with Gasteiger partial charge in [-0.15, -0.1) is 0 Å². The van der Waals surface area contributed by atoms with Crippen molar-refractivity contribution in [3.63, 3.8) is 0 Å². The lowest BCUT2D eigenvalue weighted by molar-refractivity contribution is -0.0312. The number of ether oxygens (including phenoxy) is 2. The second-order valence-electron chi connectivity index (χ2n) is 3.97. The zero-order chi connectivity index (χ0) is 10.4. The fourth-order valence-corrected chi connectivity index (χ4v) is 2.03. The minimum atomic E-state index is 0.285. The molecular weight excluding hydrogens is 180 g/mol. The van der Waals surface area contributed by atoms with E-state index in [1.807, 2.05) is 6.92 Å². The fourth-order valence-electron chi connectivity index (χ4n) is 2.03. The summed E-state index contributed by atoms with van der Waals surface area (Å²) in [5.41, 5.74) is 2.78. The Kier molecular flexibility index (Phi) is 5.40. The van der Waals surface area contributed by atoms with Gasteiger partial charge in [0.05, 0.1) is 12.7 Å². The second-order valence-corrected chi connectivity index (χ2v) is 3.97. The van der Waals surface area contributed by atoms with Crippen molar-refractivity contribution in [2.45, 2.75) is 38.3 Å². The molecule has 84 valence electrons. The van der Waals surface area contributed by atoms with E-state index in [1.165, 1.54) is 12.8 Å². The van der Waals surface area contributed by atoms with Gasteiger partial charge in [-0.2, -0.15) is 0 Å². The SMILES string of the molecule is CCOC1CC(CC(COC)NN)C1. The largest absolute Gasteiger partial charge is 0.383 e. The predicted molar refractivity (Wildman–Crippen MR) is 55.7 cm³/mol. The van der Waals surface area contributed by atoms with Gasteiger partial charge in [0.25, 0.3) is 0 Å². The van der Waals surface area contributed by atoms with Crippen molar-refractivity contribution in [2.24, 2.45) is 11.8 Å². The molecule has 0 bridgehead atoms. The summed E-state index contributed by atoms with van der Waals surface area (Å²) >= 11 is 0. The molecule has 0 saturated heterocycles. The summed E-state index contributed by atoms with van der Waals surface area (Å²) in [5, 5.41) is 0. The number of hydrogen-bond acceptors (Lipinski definition) is 4. The quantitative estimate of drug-likeness (QED) is 0.470. The lowest BCUT2D eigenvalue weighted by atomic mass is 9.78. The van der Waals surface area contributed by atoms with Gasteiger partial charge in [0.15, 0.2) is 0 Å². The Morgan fingerprint density at radius 3 is 2.71 bits per heavy atom. The molecule has 3 N–H and O–H groups in total. The predicted octanol–water partition coefficient (Wildman–Crippen LogP) is 0.670. The second kappa shape index (κ2) is 6.35. The third-order valence-corrected chi connectivity index (χ3v) is 2.82. The number of rotatable bonds is 7. The van der Waals surface area contributed by atoms with Crippen LogP contribution in [0.2, 0.25) is 0 Å². The molecule has 0 aromatic rings. The summed E-state index contributed by atoms with van der Waals surface area (Å²) in [6.07, 6.45) is 3.94. The Balaban J connectivity index is 2.08. The molecule has 0 spiro atoms. The van der Waals surface area contributed by atoms with Crippen LogP contribution in [-0.2, 0) is 9.47 Å². The van der Waals surface area contributed by atoms with Gasteiger partial charge in [0.2, 0.25) is 0 Å². The highest BCUT2D eigenvalue weighted by Crippen LogP contribution is 2.33. The number of nitrogens with one attached hydrogen (secondary N) is 1. The molecule has 0 aliphatic heterocycles. The molecule has 1 fully saturated rings. The van der Waals surface area contributed by atoms with E-state index < -0.39 is 0 Å². The molecule has 4 heteroatoms. The first-order valence-electron chi connectivity index (χ1n) is 5.36. The highest BCUT2D eigenvalue weighted by atomic mass is 16.5. The molecule has 1 unspecified atom stereocenters. The summed E-state index contributed by atoms with van der Waals surface area (Å²) in [6.45, 7) is 3.56. The smallest absolute Gasteiger partial charge is 0.0629 e. The van der Waals surface area contributed by atoms with E-state index in [1.54, 1.807) is 7.11 Å². The minimum Gasteiger partial charge on any atom is -0.383 e. The summed E-state index contributed by atoms with van der Waals surface area (Å²) in [5.74, 6) is 6.17. The fraction of sp³-hybridized carbons (Fsp3) is 1.00. The van der Waals surface area contributed by atoms with Gasteiger partial charge in [0.1, 0.15) is 0 Å². The Morgan fingerprint density at radius 1 is 1.50 bits per heavy atom. The van der Waals surface area contributed by atoms with Crippen LogP contribution in [0.5, 0.6) is 0 Å². The Hall–Kier alpha value is -0.160. The van der Waals surface area contributed by atoms with Crippen LogP contribution in [0.4, 0.5) is 0 Å². The number of hydrogen-bond donors (Lipinski definition) is 2. The number of nitrogens with two attached hydrogens (primary N) is 1. The molecule has 1 rings (SSSR count). The highest BCUT2D eigenvalue weighted by molar-refractivity contribution is 4.83. The van der Waals surface area contributed by atoms with Crippen molar-refractivity contribution in [2.75, 3.05) is 20.3 Å². The van der Waals surface area contributed by atoms with Gasteiger partial charge in [-0.3, -0.25) is 11.3 Å². The Morgan fingerprint density at radius 2 is 2.21 bits per heavy atom. The zero-order valence-corrected chi connectivity index (χ0v) is 9.16. The third kappa shape index (κ3) is 3.53. The molecule has 1 aliphatic carbocycles. The summed E-state index contributed by atoms with van der Waals surface area (Å²) in [6, 6.07) is 0.285. The van der Waals surface area contributed by atoms with Crippen molar-refractivity contribution in [1.82, 2.24) is 5.43 Å². The number of methoxy groups -OCH3 is 1. The maximum atomic E-state index is 5.50. The van der Waals surface area contributed by atoms with Crippen LogP contribution in [0.1, 0.15) is 26.2 Å². The Labute approximate surface area is 86.1 Å². The first-order chi connectivity index (χ1) is 6.80. The van der Waals surface area contributed by atoms with Crippen LogP contribution < -0.4 is 11.3 Å². The Bertz CT molecular complexity index is 149. The standard InChI is InChI=1S/C10H22N2O2/c1-3-14-10-5-8(6-10)4-9(12-11)7-13-2/h8-10,12H,3-7,11H2,1-2H3. The van der Waals surface area contributed by atoms with E-state index in [9.17, 15) is 0 Å². The van der Waals surface area contributed by atoms with Gasteiger partial charge < -0.3 is 9.47 Å². The average Bonchev–Trinajstić information content (AvgIpc) is 2.13. The monoisotopic (exact) mass is 202 g/mol. The van der Waals surface area contributed by atoms with Crippen LogP contribution >= 0.6 is 0 Å². The molecule has 0 heterocycles. The summed E-state index contributed by atoms with van der Waals surface area (Å²) < 4.78 is 10.6. The molecule has 0 aromatic heterocycles. The minimum absolute atomic E-state index is 0.285. The normalized spacial score (nSPS) is 28.5. The first kappa shape index (κ1) is 11.9. The van der Waals surface area contributed by atoms with E-state index in [0.29, 0.717) is 12.7 Å². The van der Waals surface area contributed by atoms with E-state index in [4.69, 9.17) is 15.3 Å². The molecule has 0 amide bonds. The lowest BCUT2D eigenvalue weighted by Gasteiger charge is -2.36. The summed E-state index contributed by atoms with van der Waals surface area (Å²) in [4.78, 5) is 0. The molecule has 4 nitrogen and oxygen atoms in total. The van der Waals surface area contributed by atoms with Gasteiger partial charge >= 0.3 is 0 Å². The molecule has 0 radical (unpaired) electrons. The molecule has 1 aliphatic rings. The molecule has 0 aromatic carbocycles. The zero-order valence-electron chi connectivity index (χ0n) is 9.16. The molecule has 14 heavy (non-hydrogen) atoms.